The number of ether oxygens (including phenoxy) is 1. The molecule has 35 heavy (non-hydrogen) atoms. The first kappa shape index (κ1) is 22.7. The van der Waals surface area contributed by atoms with Crippen LogP contribution in [0.15, 0.2) is 60.2 Å². The van der Waals surface area contributed by atoms with E-state index in [1.807, 2.05) is 37.3 Å². The summed E-state index contributed by atoms with van der Waals surface area (Å²) in [4.78, 5) is 33.5. The van der Waals surface area contributed by atoms with Gasteiger partial charge in [-0.15, -0.1) is 6.58 Å². The molecule has 0 unspecified atom stereocenters. The zero-order valence-electron chi connectivity index (χ0n) is 19.9. The summed E-state index contributed by atoms with van der Waals surface area (Å²) in [7, 11) is 2.12. The van der Waals surface area contributed by atoms with E-state index < -0.39 is 0 Å². The number of anilines is 2. The minimum absolute atomic E-state index is 0.118. The van der Waals surface area contributed by atoms with Crippen LogP contribution >= 0.6 is 0 Å². The lowest BCUT2D eigenvalue weighted by atomic mass is 10.1. The van der Waals surface area contributed by atoms with E-state index in [1.54, 1.807) is 21.6 Å². The topological polar surface area (TPSA) is 103 Å². The van der Waals surface area contributed by atoms with Gasteiger partial charge in [0, 0.05) is 42.9 Å². The fraction of sp³-hybridized carbons (Fsp3) is 0.320. The molecule has 1 aliphatic rings. The number of aromatic nitrogens is 6. The summed E-state index contributed by atoms with van der Waals surface area (Å²) in [6.07, 6.45) is 6.94. The molecule has 1 saturated heterocycles. The Balaban J connectivity index is 1.54. The van der Waals surface area contributed by atoms with Crippen LogP contribution in [0.5, 0.6) is 5.88 Å². The summed E-state index contributed by atoms with van der Waals surface area (Å²) in [5.74, 6) is 1.43. The van der Waals surface area contributed by atoms with Crippen molar-refractivity contribution in [3.05, 3.63) is 71.4 Å². The summed E-state index contributed by atoms with van der Waals surface area (Å²) in [5.41, 5.74) is 1.91. The fourth-order valence-corrected chi connectivity index (χ4v) is 4.22. The van der Waals surface area contributed by atoms with Crippen molar-refractivity contribution < 1.29 is 4.74 Å². The Morgan fingerprint density at radius 1 is 1.20 bits per heavy atom. The highest BCUT2D eigenvalue weighted by Gasteiger charge is 2.21. The van der Waals surface area contributed by atoms with Crippen molar-refractivity contribution in [3.8, 4) is 11.7 Å². The molecule has 10 nitrogen and oxygen atoms in total. The summed E-state index contributed by atoms with van der Waals surface area (Å²) < 4.78 is 9.44. The molecule has 0 amide bonds. The van der Waals surface area contributed by atoms with Gasteiger partial charge in [0.2, 0.25) is 11.8 Å². The van der Waals surface area contributed by atoms with E-state index in [2.05, 4.69) is 38.8 Å². The molecule has 0 bridgehead atoms. The van der Waals surface area contributed by atoms with E-state index in [0.29, 0.717) is 35.2 Å². The molecule has 0 radical (unpaired) electrons. The van der Waals surface area contributed by atoms with Gasteiger partial charge in [0.25, 0.3) is 5.56 Å². The van der Waals surface area contributed by atoms with Crippen LogP contribution in [0.1, 0.15) is 18.5 Å². The number of fused-ring (bicyclic) bond motifs is 1. The van der Waals surface area contributed by atoms with Gasteiger partial charge in [-0.05, 0) is 45.0 Å². The Morgan fingerprint density at radius 2 is 2.03 bits per heavy atom. The van der Waals surface area contributed by atoms with Gasteiger partial charge in [0.15, 0.2) is 11.5 Å². The number of pyridine rings is 2. The zero-order valence-corrected chi connectivity index (χ0v) is 19.9. The molecule has 0 atom stereocenters. The van der Waals surface area contributed by atoms with E-state index >= 15 is 0 Å². The van der Waals surface area contributed by atoms with Crippen molar-refractivity contribution in [1.82, 2.24) is 34.2 Å². The number of allylic oxidation sites excluding steroid dienone is 1. The number of likely N-dealkylation sites (tertiary alicyclic amines) is 1. The first-order valence-electron chi connectivity index (χ1n) is 11.6. The van der Waals surface area contributed by atoms with Crippen LogP contribution in [0.25, 0.3) is 16.9 Å². The van der Waals surface area contributed by atoms with Crippen LogP contribution in [0, 0.1) is 6.92 Å². The normalized spacial score (nSPS) is 14.8. The monoisotopic (exact) mass is 472 g/mol. The van der Waals surface area contributed by atoms with Gasteiger partial charge in [-0.3, -0.25) is 9.78 Å². The SMILES string of the molecule is C=CCn1c(=O)c2cnc(Nc3ccnc(C)c3)nc2n1-c1cccc(OC2CCN(C)CC2)n1. The highest BCUT2D eigenvalue weighted by atomic mass is 16.5. The average Bonchev–Trinajstić information content (AvgIpc) is 3.12. The first-order chi connectivity index (χ1) is 17.0. The van der Waals surface area contributed by atoms with Gasteiger partial charge in [-0.2, -0.15) is 9.97 Å². The predicted molar refractivity (Wildman–Crippen MR) is 135 cm³/mol. The molecule has 180 valence electrons. The Hall–Kier alpha value is -4.05. The molecule has 5 heterocycles. The average molecular weight is 473 g/mol. The van der Waals surface area contributed by atoms with Crippen molar-refractivity contribution in [2.45, 2.75) is 32.4 Å². The molecule has 0 aromatic carbocycles. The second kappa shape index (κ2) is 9.67. The standard InChI is InChI=1S/C25H28N8O2/c1-4-12-32-24(34)20-16-27-25(28-18-8-11-26-17(2)15-18)30-23(20)33(32)21-6-5-7-22(29-21)35-19-9-13-31(3)14-10-19/h4-8,11,15-16,19H,1,9-10,12-14H2,2-3H3,(H,26,27,28,30). The van der Waals surface area contributed by atoms with Gasteiger partial charge in [0.05, 0.1) is 6.54 Å². The predicted octanol–water partition coefficient (Wildman–Crippen LogP) is 3.08. The van der Waals surface area contributed by atoms with Crippen LogP contribution in [-0.2, 0) is 6.54 Å². The molecule has 0 aliphatic carbocycles. The number of nitrogens with one attached hydrogen (secondary N) is 1. The van der Waals surface area contributed by atoms with Crippen LogP contribution in [-0.4, -0.2) is 60.4 Å². The molecular weight excluding hydrogens is 444 g/mol. The number of hydrogen-bond acceptors (Lipinski definition) is 8. The van der Waals surface area contributed by atoms with Gasteiger partial charge in [-0.1, -0.05) is 12.1 Å². The minimum Gasteiger partial charge on any atom is -0.474 e. The second-order valence-corrected chi connectivity index (χ2v) is 8.68. The lowest BCUT2D eigenvalue weighted by Crippen LogP contribution is -2.35. The summed E-state index contributed by atoms with van der Waals surface area (Å²) in [6, 6.07) is 9.29. The molecule has 4 aromatic heterocycles. The molecule has 0 spiro atoms. The third-order valence-electron chi connectivity index (χ3n) is 6.01. The van der Waals surface area contributed by atoms with Gasteiger partial charge in [-0.25, -0.2) is 14.3 Å². The third-order valence-corrected chi connectivity index (χ3v) is 6.01. The second-order valence-electron chi connectivity index (χ2n) is 8.68. The minimum atomic E-state index is -0.213. The Morgan fingerprint density at radius 3 is 2.80 bits per heavy atom. The van der Waals surface area contributed by atoms with E-state index in [9.17, 15) is 4.79 Å². The Kier molecular flexibility index (Phi) is 6.28. The number of aryl methyl sites for hydroxylation is 1. The molecule has 0 saturated carbocycles. The summed E-state index contributed by atoms with van der Waals surface area (Å²) >= 11 is 0. The van der Waals surface area contributed by atoms with Gasteiger partial charge >= 0.3 is 0 Å². The van der Waals surface area contributed by atoms with Crippen molar-refractivity contribution in [2.24, 2.45) is 0 Å². The maximum absolute atomic E-state index is 13.2. The van der Waals surface area contributed by atoms with E-state index in [0.717, 1.165) is 37.3 Å². The molecule has 1 N–H and O–H groups in total. The first-order valence-corrected chi connectivity index (χ1v) is 11.6. The van der Waals surface area contributed by atoms with Crippen molar-refractivity contribution in [2.75, 3.05) is 25.5 Å². The number of piperidine rings is 1. The maximum Gasteiger partial charge on any atom is 0.278 e. The molecule has 5 rings (SSSR count). The van der Waals surface area contributed by atoms with Crippen molar-refractivity contribution >= 4 is 22.7 Å². The van der Waals surface area contributed by atoms with Crippen LogP contribution in [0.3, 0.4) is 0 Å². The van der Waals surface area contributed by atoms with E-state index in [-0.39, 0.29) is 11.7 Å². The van der Waals surface area contributed by atoms with Crippen molar-refractivity contribution in [1.29, 1.82) is 0 Å². The van der Waals surface area contributed by atoms with Crippen LogP contribution < -0.4 is 15.6 Å². The van der Waals surface area contributed by atoms with E-state index in [4.69, 9.17) is 9.72 Å². The number of hydrogen-bond donors (Lipinski definition) is 1. The van der Waals surface area contributed by atoms with E-state index in [1.165, 1.54) is 6.20 Å². The smallest absolute Gasteiger partial charge is 0.278 e. The number of nitrogens with zero attached hydrogens (tertiary/aromatic N) is 7. The maximum atomic E-state index is 13.2. The summed E-state index contributed by atoms with van der Waals surface area (Å²) in [6.45, 7) is 8.00. The lowest BCUT2D eigenvalue weighted by molar-refractivity contribution is 0.110. The molecule has 10 heteroatoms. The third kappa shape index (κ3) is 4.78. The van der Waals surface area contributed by atoms with Gasteiger partial charge in [0.1, 0.15) is 11.5 Å². The lowest BCUT2D eigenvalue weighted by Gasteiger charge is -2.29. The highest BCUT2D eigenvalue weighted by Crippen LogP contribution is 2.21. The highest BCUT2D eigenvalue weighted by molar-refractivity contribution is 5.77. The Labute approximate surface area is 202 Å². The van der Waals surface area contributed by atoms with Crippen LogP contribution in [0.4, 0.5) is 11.6 Å². The molecule has 1 aliphatic heterocycles. The van der Waals surface area contributed by atoms with Crippen molar-refractivity contribution in [3.63, 3.8) is 0 Å². The molecule has 4 aromatic rings. The Bertz CT molecular complexity index is 1420. The summed E-state index contributed by atoms with van der Waals surface area (Å²) in [5, 5.41) is 3.58. The zero-order chi connectivity index (χ0) is 24.4. The molecular formula is C25H28N8O2. The largest absolute Gasteiger partial charge is 0.474 e. The van der Waals surface area contributed by atoms with Gasteiger partial charge < -0.3 is 15.0 Å². The fourth-order valence-electron chi connectivity index (χ4n) is 4.22. The molecule has 1 fully saturated rings. The number of rotatable bonds is 7. The van der Waals surface area contributed by atoms with Crippen LogP contribution in [0.2, 0.25) is 0 Å². The quantitative estimate of drug-likeness (QED) is 0.410.